The summed E-state index contributed by atoms with van der Waals surface area (Å²) < 4.78 is 4.87. The van der Waals surface area contributed by atoms with Gasteiger partial charge in [0.05, 0.1) is 10.6 Å². The van der Waals surface area contributed by atoms with Crippen LogP contribution in [0.2, 0.25) is 5.02 Å². The monoisotopic (exact) mass is 225 g/mol. The van der Waals surface area contributed by atoms with E-state index in [1.54, 1.807) is 6.07 Å². The number of aromatic carboxylic acids is 1. The van der Waals surface area contributed by atoms with Gasteiger partial charge in [0.1, 0.15) is 0 Å². The zero-order valence-electron chi connectivity index (χ0n) is 7.22. The zero-order valence-corrected chi connectivity index (χ0v) is 7.97. The highest BCUT2D eigenvalue weighted by Crippen LogP contribution is 2.19. The Morgan fingerprint density at radius 2 is 2.20 bits per heavy atom. The third-order valence-electron chi connectivity index (χ3n) is 1.56. The second kappa shape index (κ2) is 3.66. The van der Waals surface area contributed by atoms with E-state index in [1.165, 1.54) is 12.4 Å². The molecule has 15 heavy (non-hydrogen) atoms. The summed E-state index contributed by atoms with van der Waals surface area (Å²) in [6, 6.07) is 1.55. The van der Waals surface area contributed by atoms with Crippen LogP contribution in [0.5, 0.6) is 0 Å². The quantitative estimate of drug-likeness (QED) is 0.833. The first-order valence-corrected chi connectivity index (χ1v) is 4.22. The summed E-state index contributed by atoms with van der Waals surface area (Å²) in [4.78, 5) is 14.3. The normalized spacial score (nSPS) is 10.2. The van der Waals surface area contributed by atoms with Crippen molar-refractivity contribution in [3.8, 4) is 11.5 Å². The fourth-order valence-corrected chi connectivity index (χ4v) is 1.13. The number of rotatable bonds is 2. The van der Waals surface area contributed by atoms with E-state index in [2.05, 4.69) is 15.2 Å². The summed E-state index contributed by atoms with van der Waals surface area (Å²) in [6.45, 7) is 0. The number of hydrogen-bond donors (Lipinski definition) is 1. The number of hydrogen-bond acceptors (Lipinski definition) is 5. The van der Waals surface area contributed by atoms with Gasteiger partial charge in [-0.1, -0.05) is 11.6 Å². The van der Waals surface area contributed by atoms with Gasteiger partial charge in [0.25, 0.3) is 0 Å². The molecule has 0 aromatic carbocycles. The second-order valence-corrected chi connectivity index (χ2v) is 3.05. The molecule has 0 aliphatic carbocycles. The van der Waals surface area contributed by atoms with Crippen LogP contribution >= 0.6 is 11.6 Å². The van der Waals surface area contributed by atoms with Crippen molar-refractivity contribution in [1.29, 1.82) is 0 Å². The Bertz CT molecular complexity index is 511. The second-order valence-electron chi connectivity index (χ2n) is 2.61. The minimum Gasteiger partial charge on any atom is -0.474 e. The maximum Gasteiger partial charge on any atom is 0.393 e. The van der Waals surface area contributed by atoms with Gasteiger partial charge >= 0.3 is 11.9 Å². The molecule has 0 radical (unpaired) electrons. The minimum atomic E-state index is -1.27. The summed E-state index contributed by atoms with van der Waals surface area (Å²) in [5.41, 5.74) is 0.475. The molecule has 0 aliphatic heterocycles. The lowest BCUT2D eigenvalue weighted by Gasteiger charge is -1.93. The van der Waals surface area contributed by atoms with Crippen LogP contribution in [0.25, 0.3) is 11.5 Å². The van der Waals surface area contributed by atoms with E-state index in [0.717, 1.165) is 0 Å². The standard InChI is InChI=1S/C8H4ClN3O3/c9-5-1-4(2-10-3-5)6-11-12-7(15-6)8(13)14/h1-3H,(H,13,14). The van der Waals surface area contributed by atoms with Crippen LogP contribution in [0.3, 0.4) is 0 Å². The van der Waals surface area contributed by atoms with Crippen molar-refractivity contribution in [1.82, 2.24) is 15.2 Å². The SMILES string of the molecule is O=C(O)c1nnc(-c2cncc(Cl)c2)o1. The smallest absolute Gasteiger partial charge is 0.393 e. The summed E-state index contributed by atoms with van der Waals surface area (Å²) >= 11 is 5.70. The number of carboxylic acids is 1. The Balaban J connectivity index is 2.41. The van der Waals surface area contributed by atoms with Crippen molar-refractivity contribution < 1.29 is 14.3 Å². The molecular weight excluding hydrogens is 222 g/mol. The van der Waals surface area contributed by atoms with E-state index in [0.29, 0.717) is 10.6 Å². The molecule has 2 aromatic rings. The topological polar surface area (TPSA) is 89.1 Å². The molecule has 0 unspecified atom stereocenters. The van der Waals surface area contributed by atoms with Crippen LogP contribution in [0.1, 0.15) is 10.7 Å². The van der Waals surface area contributed by atoms with Crippen molar-refractivity contribution in [2.45, 2.75) is 0 Å². The maximum atomic E-state index is 10.5. The number of pyridine rings is 1. The van der Waals surface area contributed by atoms with Gasteiger partial charge in [-0.05, 0) is 6.07 Å². The van der Waals surface area contributed by atoms with Crippen molar-refractivity contribution in [2.75, 3.05) is 0 Å². The van der Waals surface area contributed by atoms with Gasteiger partial charge < -0.3 is 9.52 Å². The number of nitrogens with zero attached hydrogens (tertiary/aromatic N) is 3. The van der Waals surface area contributed by atoms with Gasteiger partial charge in [0.15, 0.2) is 0 Å². The van der Waals surface area contributed by atoms with Crippen LogP contribution in [0.4, 0.5) is 0 Å². The lowest BCUT2D eigenvalue weighted by atomic mass is 10.3. The molecule has 0 bridgehead atoms. The van der Waals surface area contributed by atoms with Crippen LogP contribution in [0, 0.1) is 0 Å². The van der Waals surface area contributed by atoms with E-state index in [-0.39, 0.29) is 5.89 Å². The van der Waals surface area contributed by atoms with E-state index >= 15 is 0 Å². The average Bonchev–Trinajstić information content (AvgIpc) is 2.66. The molecule has 0 amide bonds. The van der Waals surface area contributed by atoms with Gasteiger partial charge in [0, 0.05) is 12.4 Å². The molecule has 2 heterocycles. The van der Waals surface area contributed by atoms with E-state index in [9.17, 15) is 4.79 Å². The van der Waals surface area contributed by atoms with Crippen molar-refractivity contribution >= 4 is 17.6 Å². The highest BCUT2D eigenvalue weighted by Gasteiger charge is 2.14. The number of carboxylic acid groups (broad SMARTS) is 1. The van der Waals surface area contributed by atoms with Gasteiger partial charge in [-0.3, -0.25) is 4.98 Å². The number of carbonyl (C=O) groups is 1. The fraction of sp³-hybridized carbons (Fsp3) is 0. The highest BCUT2D eigenvalue weighted by molar-refractivity contribution is 6.30. The fourth-order valence-electron chi connectivity index (χ4n) is 0.955. The molecule has 0 aliphatic rings. The summed E-state index contributed by atoms with van der Waals surface area (Å²) in [5, 5.41) is 15.9. The molecule has 1 N–H and O–H groups in total. The van der Waals surface area contributed by atoms with E-state index in [4.69, 9.17) is 21.1 Å². The Hall–Kier alpha value is -1.95. The molecular formula is C8H4ClN3O3. The molecule has 7 heteroatoms. The van der Waals surface area contributed by atoms with Crippen LogP contribution < -0.4 is 0 Å². The first-order valence-electron chi connectivity index (χ1n) is 3.84. The Morgan fingerprint density at radius 1 is 1.40 bits per heavy atom. The van der Waals surface area contributed by atoms with Crippen LogP contribution in [-0.4, -0.2) is 26.3 Å². The molecule has 76 valence electrons. The molecule has 0 spiro atoms. The molecule has 0 saturated carbocycles. The molecule has 2 rings (SSSR count). The van der Waals surface area contributed by atoms with Crippen molar-refractivity contribution in [2.24, 2.45) is 0 Å². The summed E-state index contributed by atoms with van der Waals surface area (Å²) in [6.07, 6.45) is 2.89. The zero-order chi connectivity index (χ0) is 10.8. The van der Waals surface area contributed by atoms with Gasteiger partial charge in [-0.25, -0.2) is 4.79 Å². The lowest BCUT2D eigenvalue weighted by Crippen LogP contribution is -1.95. The predicted octanol–water partition coefficient (Wildman–Crippen LogP) is 1.48. The van der Waals surface area contributed by atoms with E-state index < -0.39 is 11.9 Å². The Morgan fingerprint density at radius 3 is 2.80 bits per heavy atom. The molecule has 2 aromatic heterocycles. The van der Waals surface area contributed by atoms with Crippen LogP contribution in [0.15, 0.2) is 22.9 Å². The highest BCUT2D eigenvalue weighted by atomic mass is 35.5. The largest absolute Gasteiger partial charge is 0.474 e. The lowest BCUT2D eigenvalue weighted by molar-refractivity contribution is 0.0654. The third kappa shape index (κ3) is 1.94. The molecule has 0 atom stereocenters. The number of aromatic nitrogens is 3. The molecule has 0 fully saturated rings. The average molecular weight is 226 g/mol. The Labute approximate surface area is 88.5 Å². The third-order valence-corrected chi connectivity index (χ3v) is 1.77. The predicted molar refractivity (Wildman–Crippen MR) is 49.5 cm³/mol. The van der Waals surface area contributed by atoms with Gasteiger partial charge in [-0.2, -0.15) is 0 Å². The first kappa shape index (κ1) is 9.60. The minimum absolute atomic E-state index is 0.0717. The maximum absolute atomic E-state index is 10.5. The van der Waals surface area contributed by atoms with Gasteiger partial charge in [-0.15, -0.1) is 10.2 Å². The molecule has 0 saturated heterocycles. The molecule has 6 nitrogen and oxygen atoms in total. The van der Waals surface area contributed by atoms with E-state index in [1.807, 2.05) is 0 Å². The summed E-state index contributed by atoms with van der Waals surface area (Å²) in [5.74, 6) is -1.67. The number of halogens is 1. The summed E-state index contributed by atoms with van der Waals surface area (Å²) in [7, 11) is 0. The van der Waals surface area contributed by atoms with Crippen LogP contribution in [-0.2, 0) is 0 Å². The Kier molecular flexibility index (Phi) is 2.34. The van der Waals surface area contributed by atoms with Crippen molar-refractivity contribution in [3.63, 3.8) is 0 Å². The van der Waals surface area contributed by atoms with Gasteiger partial charge in [0.2, 0.25) is 5.89 Å². The van der Waals surface area contributed by atoms with Crippen molar-refractivity contribution in [3.05, 3.63) is 29.4 Å². The first-order chi connectivity index (χ1) is 7.16.